The topological polar surface area (TPSA) is 79.4 Å². The van der Waals surface area contributed by atoms with Gasteiger partial charge < -0.3 is 19.4 Å². The predicted molar refractivity (Wildman–Crippen MR) is 109 cm³/mol. The molecule has 1 N–H and O–H groups in total. The fourth-order valence-corrected chi connectivity index (χ4v) is 5.08. The van der Waals surface area contributed by atoms with Gasteiger partial charge in [-0.1, -0.05) is 0 Å². The highest BCUT2D eigenvalue weighted by molar-refractivity contribution is 5.39. The summed E-state index contributed by atoms with van der Waals surface area (Å²) in [5.74, 6) is 1.79. The molecule has 1 spiro atoms. The molecule has 29 heavy (non-hydrogen) atoms. The molecule has 0 aromatic carbocycles. The Morgan fingerprint density at radius 2 is 2.03 bits per heavy atom. The van der Waals surface area contributed by atoms with Crippen molar-refractivity contribution in [3.63, 3.8) is 0 Å². The van der Waals surface area contributed by atoms with Crippen molar-refractivity contribution in [2.45, 2.75) is 58.0 Å². The van der Waals surface area contributed by atoms with Gasteiger partial charge >= 0.3 is 0 Å². The van der Waals surface area contributed by atoms with Gasteiger partial charge in [-0.3, -0.25) is 4.90 Å². The molecule has 8 nitrogen and oxygen atoms in total. The maximum atomic E-state index is 6.00. The van der Waals surface area contributed by atoms with E-state index in [0.29, 0.717) is 6.61 Å². The Morgan fingerprint density at radius 1 is 1.21 bits per heavy atom. The van der Waals surface area contributed by atoms with E-state index in [1.807, 2.05) is 19.3 Å². The molecule has 0 bridgehead atoms. The number of aryl methyl sites for hydroxylation is 1. The number of nitrogens with zero attached hydrogens (tertiary/aromatic N) is 5. The van der Waals surface area contributed by atoms with Crippen molar-refractivity contribution in [3.8, 4) is 0 Å². The van der Waals surface area contributed by atoms with E-state index in [1.165, 1.54) is 5.69 Å². The second kappa shape index (κ2) is 7.34. The lowest BCUT2D eigenvalue weighted by molar-refractivity contribution is -0.00584. The van der Waals surface area contributed by atoms with Crippen LogP contribution in [0.15, 0.2) is 12.4 Å². The predicted octanol–water partition coefficient (Wildman–Crippen LogP) is 1.80. The number of H-pyrrole nitrogens is 1. The fraction of sp³-hybridized carbons (Fsp3) is 0.667. The van der Waals surface area contributed by atoms with Crippen LogP contribution in [0.3, 0.4) is 0 Å². The first-order valence-electron chi connectivity index (χ1n) is 10.6. The van der Waals surface area contributed by atoms with Crippen LogP contribution in [0.5, 0.6) is 0 Å². The van der Waals surface area contributed by atoms with Gasteiger partial charge in [-0.25, -0.2) is 15.0 Å². The summed E-state index contributed by atoms with van der Waals surface area (Å²) in [6, 6.07) is 0. The van der Waals surface area contributed by atoms with Gasteiger partial charge in [0.15, 0.2) is 0 Å². The largest absolute Gasteiger partial charge is 0.376 e. The van der Waals surface area contributed by atoms with Crippen LogP contribution in [-0.2, 0) is 28.0 Å². The Morgan fingerprint density at radius 3 is 2.79 bits per heavy atom. The molecular formula is C21H30N6O2. The molecule has 2 aromatic rings. The van der Waals surface area contributed by atoms with Crippen LogP contribution >= 0.6 is 0 Å². The molecular weight excluding hydrogens is 368 g/mol. The molecule has 3 atom stereocenters. The second-order valence-electron chi connectivity index (χ2n) is 8.93. The number of aromatic amines is 1. The lowest BCUT2D eigenvalue weighted by atomic mass is 9.80. The van der Waals surface area contributed by atoms with Gasteiger partial charge in [-0.2, -0.15) is 0 Å². The maximum Gasteiger partial charge on any atom is 0.225 e. The van der Waals surface area contributed by atoms with Crippen LogP contribution in [0.2, 0.25) is 0 Å². The van der Waals surface area contributed by atoms with Crippen molar-refractivity contribution >= 4 is 5.95 Å². The molecule has 0 aliphatic carbocycles. The van der Waals surface area contributed by atoms with Crippen LogP contribution in [0.25, 0.3) is 0 Å². The molecule has 8 heteroatoms. The second-order valence-corrected chi connectivity index (χ2v) is 8.93. The Kier molecular flexibility index (Phi) is 4.80. The number of fused-ring (bicyclic) bond motifs is 2. The van der Waals surface area contributed by atoms with Gasteiger partial charge in [0, 0.05) is 49.8 Å². The van der Waals surface area contributed by atoms with E-state index < -0.39 is 0 Å². The first-order chi connectivity index (χ1) is 14.0. The third-order valence-electron chi connectivity index (χ3n) is 6.27. The Balaban J connectivity index is 1.39. The van der Waals surface area contributed by atoms with Crippen molar-refractivity contribution < 1.29 is 9.47 Å². The summed E-state index contributed by atoms with van der Waals surface area (Å²) in [6.45, 7) is 12.1. The minimum Gasteiger partial charge on any atom is -0.376 e. The first kappa shape index (κ1) is 19.0. The summed E-state index contributed by atoms with van der Waals surface area (Å²) in [6.07, 6.45) is 5.35. The normalized spacial score (nSPS) is 30.1. The van der Waals surface area contributed by atoms with Crippen molar-refractivity contribution in [3.05, 3.63) is 35.2 Å². The summed E-state index contributed by atoms with van der Waals surface area (Å²) >= 11 is 0. The van der Waals surface area contributed by atoms with E-state index in [2.05, 4.69) is 38.6 Å². The molecule has 2 aromatic heterocycles. The molecule has 3 unspecified atom stereocenters. The average molecular weight is 399 g/mol. The zero-order valence-electron chi connectivity index (χ0n) is 17.5. The fourth-order valence-electron chi connectivity index (χ4n) is 5.08. The van der Waals surface area contributed by atoms with E-state index in [-0.39, 0.29) is 17.6 Å². The van der Waals surface area contributed by atoms with Crippen molar-refractivity contribution in [1.29, 1.82) is 0 Å². The van der Waals surface area contributed by atoms with E-state index in [0.717, 1.165) is 68.8 Å². The zero-order chi connectivity index (χ0) is 20.0. The molecule has 156 valence electrons. The molecule has 0 amide bonds. The summed E-state index contributed by atoms with van der Waals surface area (Å²) < 4.78 is 11.9. The van der Waals surface area contributed by atoms with Gasteiger partial charge in [-0.05, 0) is 33.7 Å². The summed E-state index contributed by atoms with van der Waals surface area (Å²) in [5.41, 5.74) is 3.43. The number of hydrogen-bond donors (Lipinski definition) is 1. The van der Waals surface area contributed by atoms with E-state index in [9.17, 15) is 0 Å². The van der Waals surface area contributed by atoms with Gasteiger partial charge in [-0.15, -0.1) is 0 Å². The number of imidazole rings is 1. The van der Waals surface area contributed by atoms with E-state index in [4.69, 9.17) is 14.5 Å². The van der Waals surface area contributed by atoms with E-state index >= 15 is 0 Å². The first-order valence-corrected chi connectivity index (χ1v) is 10.6. The lowest BCUT2D eigenvalue weighted by Gasteiger charge is -2.38. The number of aromatic nitrogens is 4. The highest BCUT2D eigenvalue weighted by Crippen LogP contribution is 2.40. The van der Waals surface area contributed by atoms with Crippen LogP contribution in [0, 0.1) is 6.92 Å². The number of anilines is 1. The Labute approximate surface area is 171 Å². The number of hydrogen-bond acceptors (Lipinski definition) is 7. The maximum absolute atomic E-state index is 6.00. The standard InChI is InChI=1S/C21H30N6O2/c1-14-8-27(9-15(2)29-14)20-23-6-17-11-28-13-21(19(17)25-20)4-5-26(12-21)10-18-7-22-16(3)24-18/h6-7,14-15H,4-5,8-13H2,1-3H3,(H,22,24). The molecule has 2 fully saturated rings. The number of rotatable bonds is 3. The molecule has 0 radical (unpaired) electrons. The average Bonchev–Trinajstić information content (AvgIpc) is 3.28. The van der Waals surface area contributed by atoms with Crippen molar-refractivity contribution in [2.24, 2.45) is 0 Å². The zero-order valence-corrected chi connectivity index (χ0v) is 17.5. The number of morpholine rings is 1. The Hall–Kier alpha value is -2.03. The lowest BCUT2D eigenvalue weighted by Crippen LogP contribution is -2.47. The van der Waals surface area contributed by atoms with Gasteiger partial charge in [0.25, 0.3) is 0 Å². The third-order valence-corrected chi connectivity index (χ3v) is 6.27. The van der Waals surface area contributed by atoms with Crippen LogP contribution < -0.4 is 4.90 Å². The summed E-state index contributed by atoms with van der Waals surface area (Å²) in [5, 5.41) is 0. The van der Waals surface area contributed by atoms with Gasteiger partial charge in [0.1, 0.15) is 5.82 Å². The molecule has 5 heterocycles. The quantitative estimate of drug-likeness (QED) is 0.844. The van der Waals surface area contributed by atoms with Crippen LogP contribution in [0.1, 0.15) is 43.0 Å². The number of nitrogens with one attached hydrogen (secondary N) is 1. The minimum atomic E-state index is -0.0517. The van der Waals surface area contributed by atoms with Crippen molar-refractivity contribution in [2.75, 3.05) is 37.7 Å². The van der Waals surface area contributed by atoms with Crippen LogP contribution in [-0.4, -0.2) is 69.8 Å². The van der Waals surface area contributed by atoms with Gasteiger partial charge in [0.05, 0.1) is 36.5 Å². The number of ether oxygens (including phenoxy) is 2. The molecule has 5 rings (SSSR count). The minimum absolute atomic E-state index is 0.0517. The molecule has 3 aliphatic rings. The molecule has 0 saturated carbocycles. The van der Waals surface area contributed by atoms with Gasteiger partial charge in [0.2, 0.25) is 5.95 Å². The number of likely N-dealkylation sites (tertiary alicyclic amines) is 1. The smallest absolute Gasteiger partial charge is 0.225 e. The Bertz CT molecular complexity index is 876. The molecule has 3 aliphatic heterocycles. The highest BCUT2D eigenvalue weighted by Gasteiger charge is 2.45. The summed E-state index contributed by atoms with van der Waals surface area (Å²) in [4.78, 5) is 22.2. The molecule has 2 saturated heterocycles. The SMILES string of the molecule is Cc1ncc(CN2CCC3(COCc4cnc(N5CC(C)OC(C)C5)nc43)C2)[nH]1. The van der Waals surface area contributed by atoms with E-state index in [1.54, 1.807) is 0 Å². The summed E-state index contributed by atoms with van der Waals surface area (Å²) in [7, 11) is 0. The third kappa shape index (κ3) is 3.65. The highest BCUT2D eigenvalue weighted by atomic mass is 16.5. The van der Waals surface area contributed by atoms with Crippen LogP contribution in [0.4, 0.5) is 5.95 Å². The van der Waals surface area contributed by atoms with Crippen molar-refractivity contribution in [1.82, 2.24) is 24.8 Å². The monoisotopic (exact) mass is 398 g/mol.